The first-order chi connectivity index (χ1) is 18.9. The van der Waals surface area contributed by atoms with E-state index in [0.717, 1.165) is 41.3 Å². The molecule has 202 valence electrons. The molecule has 0 unspecified atom stereocenters. The molecule has 1 aliphatic rings. The number of hydrazone groups is 1. The van der Waals surface area contributed by atoms with Crippen LogP contribution in [0.25, 0.3) is 10.2 Å². The lowest BCUT2D eigenvalue weighted by Gasteiger charge is -2.30. The van der Waals surface area contributed by atoms with Gasteiger partial charge in [-0.2, -0.15) is 5.10 Å². The summed E-state index contributed by atoms with van der Waals surface area (Å²) in [5.74, 6) is 1.36. The maximum atomic E-state index is 12.4. The van der Waals surface area contributed by atoms with Gasteiger partial charge in [-0.3, -0.25) is 10.2 Å². The minimum absolute atomic E-state index is 0.00315. The molecule has 0 spiro atoms. The fraction of sp³-hybridized carbons (Fsp3) is 0.300. The first-order valence-electron chi connectivity index (χ1n) is 13.1. The zero-order valence-corrected chi connectivity index (χ0v) is 23.0. The summed E-state index contributed by atoms with van der Waals surface area (Å²) in [4.78, 5) is 19.4. The highest BCUT2D eigenvalue weighted by Crippen LogP contribution is 2.28. The number of carbonyl (C=O) groups is 1. The number of thiazole rings is 1. The van der Waals surface area contributed by atoms with Crippen LogP contribution in [0.15, 0.2) is 65.8 Å². The molecule has 3 N–H and O–H groups in total. The SMILES string of the molecule is Cc1ccc(COc2ccc(/C=N/NC(=O)Nc3nc4ccc(CN5CCC(C)CC5)cc4s3)c(O)c2)cc1. The lowest BCUT2D eigenvalue weighted by atomic mass is 9.99. The van der Waals surface area contributed by atoms with Crippen LogP contribution < -0.4 is 15.5 Å². The van der Waals surface area contributed by atoms with Crippen molar-refractivity contribution in [3.8, 4) is 11.5 Å². The van der Waals surface area contributed by atoms with Gasteiger partial charge in [0.25, 0.3) is 0 Å². The molecule has 0 bridgehead atoms. The third kappa shape index (κ3) is 7.34. The number of urea groups is 1. The van der Waals surface area contributed by atoms with Gasteiger partial charge in [0, 0.05) is 18.2 Å². The minimum Gasteiger partial charge on any atom is -0.507 e. The number of carbonyl (C=O) groups excluding carboxylic acids is 1. The molecule has 0 saturated carbocycles. The zero-order valence-electron chi connectivity index (χ0n) is 22.2. The van der Waals surface area contributed by atoms with Gasteiger partial charge >= 0.3 is 6.03 Å². The van der Waals surface area contributed by atoms with E-state index in [-0.39, 0.29) is 5.75 Å². The number of phenolic OH excluding ortho intramolecular Hbond substituents is 1. The van der Waals surface area contributed by atoms with Gasteiger partial charge in [0.1, 0.15) is 18.1 Å². The number of nitrogens with zero attached hydrogens (tertiary/aromatic N) is 3. The molecule has 3 aromatic carbocycles. The number of phenols is 1. The second-order valence-corrected chi connectivity index (χ2v) is 11.1. The van der Waals surface area contributed by atoms with Crippen molar-refractivity contribution in [2.75, 3.05) is 18.4 Å². The molecule has 1 aliphatic heterocycles. The van der Waals surface area contributed by atoms with Gasteiger partial charge in [-0.25, -0.2) is 15.2 Å². The number of hydrogen-bond acceptors (Lipinski definition) is 7. The van der Waals surface area contributed by atoms with Crippen molar-refractivity contribution in [3.05, 3.63) is 82.9 Å². The van der Waals surface area contributed by atoms with Crippen LogP contribution in [0.4, 0.5) is 9.93 Å². The molecule has 1 aromatic heterocycles. The molecule has 1 saturated heterocycles. The smallest absolute Gasteiger partial charge is 0.341 e. The van der Waals surface area contributed by atoms with E-state index in [0.29, 0.717) is 23.1 Å². The molecule has 39 heavy (non-hydrogen) atoms. The molecule has 4 aromatic rings. The number of aryl methyl sites for hydroxylation is 1. The Hall–Kier alpha value is -3.95. The van der Waals surface area contributed by atoms with E-state index in [1.54, 1.807) is 12.1 Å². The molecule has 5 rings (SSSR count). The van der Waals surface area contributed by atoms with E-state index in [4.69, 9.17) is 4.74 Å². The number of fused-ring (bicyclic) bond motifs is 1. The predicted octanol–water partition coefficient (Wildman–Crippen LogP) is 6.28. The molecule has 8 nitrogen and oxygen atoms in total. The maximum absolute atomic E-state index is 12.4. The van der Waals surface area contributed by atoms with Crippen molar-refractivity contribution in [3.63, 3.8) is 0 Å². The number of likely N-dealkylation sites (tertiary alicyclic amines) is 1. The first-order valence-corrected chi connectivity index (χ1v) is 14.0. The summed E-state index contributed by atoms with van der Waals surface area (Å²) < 4.78 is 6.79. The topological polar surface area (TPSA) is 99.1 Å². The Kier molecular flexibility index (Phi) is 8.39. The van der Waals surface area contributed by atoms with Crippen molar-refractivity contribution >= 4 is 38.9 Å². The Morgan fingerprint density at radius 1 is 1.13 bits per heavy atom. The number of benzene rings is 3. The number of piperidine rings is 1. The van der Waals surface area contributed by atoms with Crippen LogP contribution in [0.5, 0.6) is 11.5 Å². The van der Waals surface area contributed by atoms with E-state index >= 15 is 0 Å². The fourth-order valence-corrected chi connectivity index (χ4v) is 5.38. The van der Waals surface area contributed by atoms with Crippen LogP contribution in [-0.4, -0.2) is 40.3 Å². The highest BCUT2D eigenvalue weighted by Gasteiger charge is 2.16. The summed E-state index contributed by atoms with van der Waals surface area (Å²) in [5.41, 5.74) is 7.22. The van der Waals surface area contributed by atoms with Crippen LogP contribution in [0, 0.1) is 12.8 Å². The molecule has 0 aliphatic carbocycles. The number of ether oxygens (including phenoxy) is 1. The summed E-state index contributed by atoms with van der Waals surface area (Å²) in [7, 11) is 0. The van der Waals surface area contributed by atoms with Crippen molar-refractivity contribution in [2.24, 2.45) is 11.0 Å². The van der Waals surface area contributed by atoms with E-state index in [1.165, 1.54) is 47.6 Å². The van der Waals surface area contributed by atoms with Crippen molar-refractivity contribution in [1.82, 2.24) is 15.3 Å². The highest BCUT2D eigenvalue weighted by molar-refractivity contribution is 7.22. The molecule has 0 atom stereocenters. The number of nitrogens with one attached hydrogen (secondary N) is 2. The van der Waals surface area contributed by atoms with Gasteiger partial charge in [-0.15, -0.1) is 0 Å². The number of aromatic hydroxyl groups is 1. The largest absolute Gasteiger partial charge is 0.507 e. The number of rotatable bonds is 8. The lowest BCUT2D eigenvalue weighted by molar-refractivity contribution is 0.185. The van der Waals surface area contributed by atoms with Crippen molar-refractivity contribution in [2.45, 2.75) is 39.8 Å². The van der Waals surface area contributed by atoms with E-state index in [9.17, 15) is 9.90 Å². The van der Waals surface area contributed by atoms with Gasteiger partial charge < -0.3 is 9.84 Å². The Labute approximate surface area is 232 Å². The molecule has 0 radical (unpaired) electrons. The Balaban J connectivity index is 1.12. The van der Waals surface area contributed by atoms with Crippen molar-refractivity contribution < 1.29 is 14.6 Å². The zero-order chi connectivity index (χ0) is 27.2. The van der Waals surface area contributed by atoms with Crippen LogP contribution >= 0.6 is 11.3 Å². The van der Waals surface area contributed by atoms with Crippen LogP contribution in [0.1, 0.15) is 42.0 Å². The quantitative estimate of drug-likeness (QED) is 0.180. The third-order valence-electron chi connectivity index (χ3n) is 6.85. The summed E-state index contributed by atoms with van der Waals surface area (Å²) in [6.45, 7) is 7.97. The second kappa shape index (κ2) is 12.3. The molecule has 2 heterocycles. The van der Waals surface area contributed by atoms with Gasteiger partial charge in [-0.05, 0) is 74.2 Å². The minimum atomic E-state index is -0.509. The number of amides is 2. The molecular formula is C30H33N5O3S. The Morgan fingerprint density at radius 3 is 2.67 bits per heavy atom. The lowest BCUT2D eigenvalue weighted by Crippen LogP contribution is -2.32. The average molecular weight is 544 g/mol. The monoisotopic (exact) mass is 543 g/mol. The number of anilines is 1. The van der Waals surface area contributed by atoms with Crippen LogP contribution in [0.2, 0.25) is 0 Å². The maximum Gasteiger partial charge on any atom is 0.341 e. The normalized spacial score (nSPS) is 14.6. The summed E-state index contributed by atoms with van der Waals surface area (Å²) >= 11 is 1.43. The standard InChI is InChI=1S/C30H33N5O3S/c1-20-3-5-22(6-4-20)19-38-25-9-8-24(27(36)16-25)17-31-34-29(37)33-30-32-26-10-7-23(15-28(26)39-30)18-35-13-11-21(2)12-14-35/h3-10,15-17,21,36H,11-14,18-19H2,1-2H3,(H2,32,33,34,37)/b31-17+. The van der Waals surface area contributed by atoms with Gasteiger partial charge in [0.05, 0.1) is 16.4 Å². The average Bonchev–Trinajstić information content (AvgIpc) is 3.32. The van der Waals surface area contributed by atoms with E-state index in [1.807, 2.05) is 37.3 Å². The van der Waals surface area contributed by atoms with Crippen molar-refractivity contribution in [1.29, 1.82) is 0 Å². The van der Waals surface area contributed by atoms with Gasteiger partial charge in [-0.1, -0.05) is 54.2 Å². The molecule has 1 fully saturated rings. The summed E-state index contributed by atoms with van der Waals surface area (Å²) in [6, 6.07) is 18.8. The number of hydrogen-bond donors (Lipinski definition) is 3. The van der Waals surface area contributed by atoms with Gasteiger partial charge in [0.2, 0.25) is 0 Å². The highest BCUT2D eigenvalue weighted by atomic mass is 32.1. The fourth-order valence-electron chi connectivity index (χ4n) is 4.46. The predicted molar refractivity (Wildman–Crippen MR) is 157 cm³/mol. The number of aromatic nitrogens is 1. The molecule has 2 amide bonds. The summed E-state index contributed by atoms with van der Waals surface area (Å²) in [5, 5.41) is 17.5. The van der Waals surface area contributed by atoms with Crippen LogP contribution in [-0.2, 0) is 13.2 Å². The molecular weight excluding hydrogens is 510 g/mol. The van der Waals surface area contributed by atoms with Gasteiger partial charge in [0.15, 0.2) is 5.13 Å². The summed E-state index contributed by atoms with van der Waals surface area (Å²) in [6.07, 6.45) is 3.88. The first kappa shape index (κ1) is 26.6. The molecule has 9 heteroatoms. The Bertz CT molecular complexity index is 1460. The van der Waals surface area contributed by atoms with Crippen LogP contribution in [0.3, 0.4) is 0 Å². The van der Waals surface area contributed by atoms with E-state index < -0.39 is 6.03 Å². The third-order valence-corrected chi connectivity index (χ3v) is 7.79. The second-order valence-electron chi connectivity index (χ2n) is 10.1. The Morgan fingerprint density at radius 2 is 1.90 bits per heavy atom. The van der Waals surface area contributed by atoms with E-state index in [2.05, 4.69) is 44.8 Å².